The first-order chi connectivity index (χ1) is 8.89. The van der Waals surface area contributed by atoms with Gasteiger partial charge in [-0.15, -0.1) is 0 Å². The Labute approximate surface area is 117 Å². The molecule has 0 spiro atoms. The summed E-state index contributed by atoms with van der Waals surface area (Å²) in [6.45, 7) is 4.65. The number of hydrogen-bond acceptors (Lipinski definition) is 5. The molecule has 104 valence electrons. The van der Waals surface area contributed by atoms with Crippen molar-refractivity contribution in [2.45, 2.75) is 26.0 Å². The number of piperazine rings is 1. The van der Waals surface area contributed by atoms with Crippen LogP contribution in [0.4, 0.5) is 5.82 Å². The summed E-state index contributed by atoms with van der Waals surface area (Å²) in [4.78, 5) is 23.9. The van der Waals surface area contributed by atoms with Gasteiger partial charge in [-0.1, -0.05) is 11.6 Å². The molecule has 0 atom stereocenters. The molecule has 2 rings (SSSR count). The van der Waals surface area contributed by atoms with Crippen LogP contribution in [0.3, 0.4) is 0 Å². The Hall–Kier alpha value is -1.40. The summed E-state index contributed by atoms with van der Waals surface area (Å²) >= 11 is 5.97. The molecule has 1 aliphatic rings. The zero-order chi connectivity index (χ0) is 14.2. The van der Waals surface area contributed by atoms with Crippen molar-refractivity contribution in [3.63, 3.8) is 0 Å². The van der Waals surface area contributed by atoms with Crippen LogP contribution in [0.15, 0.2) is 6.33 Å². The Kier molecular flexibility index (Phi) is 3.64. The highest BCUT2D eigenvalue weighted by atomic mass is 35.5. The predicted octanol–water partition coefficient (Wildman–Crippen LogP) is 0.679. The highest BCUT2D eigenvalue weighted by molar-refractivity contribution is 6.30. The zero-order valence-electron chi connectivity index (χ0n) is 11.2. The summed E-state index contributed by atoms with van der Waals surface area (Å²) in [5.74, 6) is 0.534. The second kappa shape index (κ2) is 4.94. The number of halogens is 1. The van der Waals surface area contributed by atoms with E-state index in [1.807, 2.05) is 18.7 Å². The van der Waals surface area contributed by atoms with Gasteiger partial charge in [-0.25, -0.2) is 9.97 Å². The van der Waals surface area contributed by atoms with Crippen molar-refractivity contribution >= 4 is 23.3 Å². The van der Waals surface area contributed by atoms with Crippen LogP contribution in [-0.2, 0) is 11.4 Å². The van der Waals surface area contributed by atoms with Crippen molar-refractivity contribution in [3.05, 3.63) is 17.0 Å². The standard InChI is InChI=1S/C12H17ClN4O2/c1-12(2)11(19)16(3)4-5-17(12)10-8(6-18)9(13)14-7-15-10/h7,18H,4-6H2,1-3H3. The fourth-order valence-electron chi connectivity index (χ4n) is 2.34. The van der Waals surface area contributed by atoms with Crippen molar-refractivity contribution in [1.29, 1.82) is 0 Å². The first kappa shape index (κ1) is 14.0. The molecule has 0 radical (unpaired) electrons. The number of nitrogens with zero attached hydrogens (tertiary/aromatic N) is 4. The van der Waals surface area contributed by atoms with E-state index in [9.17, 15) is 9.90 Å². The van der Waals surface area contributed by atoms with Crippen molar-refractivity contribution in [2.75, 3.05) is 25.0 Å². The molecule has 0 bridgehead atoms. The molecule has 1 aromatic rings. The maximum atomic E-state index is 12.3. The highest BCUT2D eigenvalue weighted by Crippen LogP contribution is 2.31. The lowest BCUT2D eigenvalue weighted by Gasteiger charge is -2.45. The second-order valence-electron chi connectivity index (χ2n) is 5.06. The molecule has 0 saturated carbocycles. The molecule has 1 aliphatic heterocycles. The SMILES string of the molecule is CN1CCN(c2ncnc(Cl)c2CO)C(C)(C)C1=O. The molecule has 0 aliphatic carbocycles. The van der Waals surface area contributed by atoms with E-state index >= 15 is 0 Å². The number of carbonyl (C=O) groups excluding carboxylic acids is 1. The maximum absolute atomic E-state index is 12.3. The molecule has 1 saturated heterocycles. The quantitative estimate of drug-likeness (QED) is 0.809. The third-order valence-corrected chi connectivity index (χ3v) is 3.81. The van der Waals surface area contributed by atoms with Gasteiger partial charge in [0.15, 0.2) is 0 Å². The van der Waals surface area contributed by atoms with Crippen LogP contribution in [0.5, 0.6) is 0 Å². The van der Waals surface area contributed by atoms with Crippen molar-refractivity contribution in [3.8, 4) is 0 Å². The van der Waals surface area contributed by atoms with Gasteiger partial charge in [-0.05, 0) is 13.8 Å². The number of rotatable bonds is 2. The minimum Gasteiger partial charge on any atom is -0.391 e. The number of anilines is 1. The zero-order valence-corrected chi connectivity index (χ0v) is 12.0. The summed E-state index contributed by atoms with van der Waals surface area (Å²) in [5.41, 5.74) is -0.274. The van der Waals surface area contributed by atoms with E-state index in [2.05, 4.69) is 9.97 Å². The highest BCUT2D eigenvalue weighted by Gasteiger charge is 2.42. The van der Waals surface area contributed by atoms with Gasteiger partial charge in [0.05, 0.1) is 12.2 Å². The number of aliphatic hydroxyl groups excluding tert-OH is 1. The molecule has 1 N–H and O–H groups in total. The van der Waals surface area contributed by atoms with E-state index in [1.165, 1.54) is 6.33 Å². The van der Waals surface area contributed by atoms with Gasteiger partial charge in [-0.2, -0.15) is 0 Å². The van der Waals surface area contributed by atoms with Crippen LogP contribution in [-0.4, -0.2) is 51.6 Å². The third-order valence-electron chi connectivity index (χ3n) is 3.49. The number of carbonyl (C=O) groups is 1. The number of likely N-dealkylation sites (N-methyl/N-ethyl adjacent to an activating group) is 1. The largest absolute Gasteiger partial charge is 0.391 e. The number of amides is 1. The van der Waals surface area contributed by atoms with Gasteiger partial charge in [0, 0.05) is 20.1 Å². The van der Waals surface area contributed by atoms with Crippen molar-refractivity contribution in [1.82, 2.24) is 14.9 Å². The van der Waals surface area contributed by atoms with Crippen LogP contribution < -0.4 is 4.90 Å². The van der Waals surface area contributed by atoms with Gasteiger partial charge in [0.2, 0.25) is 5.91 Å². The van der Waals surface area contributed by atoms with Gasteiger partial charge < -0.3 is 14.9 Å². The summed E-state index contributed by atoms with van der Waals surface area (Å²) in [6, 6.07) is 0. The van der Waals surface area contributed by atoms with Crippen molar-refractivity contribution in [2.24, 2.45) is 0 Å². The van der Waals surface area contributed by atoms with Crippen LogP contribution in [0.25, 0.3) is 0 Å². The van der Waals surface area contributed by atoms with E-state index < -0.39 is 5.54 Å². The van der Waals surface area contributed by atoms with Gasteiger partial charge in [-0.3, -0.25) is 4.79 Å². The molecule has 2 heterocycles. The topological polar surface area (TPSA) is 69.6 Å². The fraction of sp³-hybridized carbons (Fsp3) is 0.583. The summed E-state index contributed by atoms with van der Waals surface area (Å²) in [7, 11) is 1.78. The molecule has 7 heteroatoms. The van der Waals surface area contributed by atoms with E-state index in [0.29, 0.717) is 24.5 Å². The van der Waals surface area contributed by atoms with E-state index in [4.69, 9.17) is 11.6 Å². The summed E-state index contributed by atoms with van der Waals surface area (Å²) < 4.78 is 0. The lowest BCUT2D eigenvalue weighted by molar-refractivity contribution is -0.136. The molecule has 1 amide bonds. The average Bonchev–Trinajstić information content (AvgIpc) is 2.36. The average molecular weight is 285 g/mol. The van der Waals surface area contributed by atoms with Crippen molar-refractivity contribution < 1.29 is 9.90 Å². The molecule has 0 unspecified atom stereocenters. The summed E-state index contributed by atoms with van der Waals surface area (Å²) in [6.07, 6.45) is 1.34. The molecule has 1 fully saturated rings. The molecular weight excluding hydrogens is 268 g/mol. The third kappa shape index (κ3) is 2.26. The fourth-order valence-corrected chi connectivity index (χ4v) is 2.52. The number of aromatic nitrogens is 2. The van der Waals surface area contributed by atoms with E-state index in [0.717, 1.165) is 0 Å². The first-order valence-corrected chi connectivity index (χ1v) is 6.40. The van der Waals surface area contributed by atoms with E-state index in [1.54, 1.807) is 11.9 Å². The van der Waals surface area contributed by atoms with Crippen LogP contribution >= 0.6 is 11.6 Å². The Morgan fingerprint density at radius 3 is 2.74 bits per heavy atom. The molecule has 19 heavy (non-hydrogen) atoms. The van der Waals surface area contributed by atoms with Crippen LogP contribution in [0.2, 0.25) is 5.15 Å². The van der Waals surface area contributed by atoms with Gasteiger partial charge in [0.1, 0.15) is 22.8 Å². The Bertz CT molecular complexity index is 507. The van der Waals surface area contributed by atoms with E-state index in [-0.39, 0.29) is 17.7 Å². The smallest absolute Gasteiger partial charge is 0.247 e. The Balaban J connectivity index is 2.47. The monoisotopic (exact) mass is 284 g/mol. The van der Waals surface area contributed by atoms with Crippen LogP contribution in [0.1, 0.15) is 19.4 Å². The minimum absolute atomic E-state index is 0.0115. The predicted molar refractivity (Wildman–Crippen MR) is 72.0 cm³/mol. The number of aliphatic hydroxyl groups is 1. The Morgan fingerprint density at radius 1 is 1.42 bits per heavy atom. The number of hydrogen-bond donors (Lipinski definition) is 1. The molecule has 0 aromatic carbocycles. The van der Waals surface area contributed by atoms with Gasteiger partial charge in [0.25, 0.3) is 0 Å². The normalized spacial score (nSPS) is 18.9. The first-order valence-electron chi connectivity index (χ1n) is 6.03. The lowest BCUT2D eigenvalue weighted by atomic mass is 9.97. The van der Waals surface area contributed by atoms with Gasteiger partial charge >= 0.3 is 0 Å². The molecular formula is C12H17ClN4O2. The molecule has 6 nitrogen and oxygen atoms in total. The molecule has 1 aromatic heterocycles. The second-order valence-corrected chi connectivity index (χ2v) is 5.42. The lowest BCUT2D eigenvalue weighted by Crippen LogP contribution is -2.62. The van der Waals surface area contributed by atoms with Crippen LogP contribution in [0, 0.1) is 0 Å². The maximum Gasteiger partial charge on any atom is 0.247 e. The summed E-state index contributed by atoms with van der Waals surface area (Å²) in [5, 5.41) is 9.65. The Morgan fingerprint density at radius 2 is 2.11 bits per heavy atom. The minimum atomic E-state index is -0.728.